The molecule has 0 aliphatic carbocycles. The number of halogens is 3. The van der Waals surface area contributed by atoms with Crippen LogP contribution in [0.5, 0.6) is 0 Å². The number of benzene rings is 2. The van der Waals surface area contributed by atoms with Crippen LogP contribution in [0.4, 0.5) is 13.2 Å². The third kappa shape index (κ3) is 3.88. The van der Waals surface area contributed by atoms with E-state index in [1.54, 1.807) is 0 Å². The first kappa shape index (κ1) is 17.7. The van der Waals surface area contributed by atoms with Gasteiger partial charge in [-0.05, 0) is 48.7 Å². The van der Waals surface area contributed by atoms with E-state index in [9.17, 15) is 13.2 Å². The molecule has 1 aliphatic rings. The summed E-state index contributed by atoms with van der Waals surface area (Å²) in [5, 5.41) is 11.6. The molecule has 4 nitrogen and oxygen atoms in total. The van der Waals surface area contributed by atoms with Crippen molar-refractivity contribution in [2.75, 3.05) is 13.1 Å². The predicted octanol–water partition coefficient (Wildman–Crippen LogP) is 4.42. The molecule has 1 atom stereocenters. The molecule has 0 saturated carbocycles. The first-order valence-electron chi connectivity index (χ1n) is 8.79. The molecule has 1 unspecified atom stereocenters. The zero-order valence-electron chi connectivity index (χ0n) is 14.5. The normalized spacial score (nSPS) is 17.4. The fourth-order valence-electron chi connectivity index (χ4n) is 3.29. The van der Waals surface area contributed by atoms with Gasteiger partial charge in [-0.2, -0.15) is 13.2 Å². The quantitative estimate of drug-likeness (QED) is 0.735. The minimum atomic E-state index is -4.33. The highest BCUT2D eigenvalue weighted by Crippen LogP contribution is 2.31. The maximum absolute atomic E-state index is 12.7. The van der Waals surface area contributed by atoms with Gasteiger partial charge in [0.25, 0.3) is 0 Å². The Morgan fingerprint density at radius 2 is 1.81 bits per heavy atom. The van der Waals surface area contributed by atoms with Crippen LogP contribution in [0.1, 0.15) is 34.9 Å². The van der Waals surface area contributed by atoms with Crippen molar-refractivity contribution in [3.63, 3.8) is 0 Å². The lowest BCUT2D eigenvalue weighted by atomic mass is 9.99. The molecule has 1 saturated heterocycles. The molecule has 4 rings (SSSR count). The molecule has 2 heterocycles. The number of nitrogens with zero attached hydrogens (tertiary/aromatic N) is 2. The largest absolute Gasteiger partial charge is 0.420 e. The van der Waals surface area contributed by atoms with Crippen molar-refractivity contribution < 1.29 is 17.6 Å². The zero-order chi connectivity index (χ0) is 18.9. The molecule has 1 aliphatic heterocycles. The maximum Gasteiger partial charge on any atom is 0.416 e. The molecule has 7 heteroatoms. The molecule has 2 aromatic carbocycles. The van der Waals surface area contributed by atoms with Gasteiger partial charge in [-0.3, -0.25) is 0 Å². The van der Waals surface area contributed by atoms with Crippen molar-refractivity contribution >= 4 is 0 Å². The van der Waals surface area contributed by atoms with Crippen molar-refractivity contribution in [1.29, 1.82) is 0 Å². The first-order chi connectivity index (χ1) is 13.0. The summed E-state index contributed by atoms with van der Waals surface area (Å²) in [6, 6.07) is 12.8. The van der Waals surface area contributed by atoms with E-state index in [1.165, 1.54) is 12.1 Å². The van der Waals surface area contributed by atoms with Crippen molar-refractivity contribution in [2.45, 2.75) is 24.9 Å². The lowest BCUT2D eigenvalue weighted by Crippen LogP contribution is -2.08. The Labute approximate surface area is 154 Å². The lowest BCUT2D eigenvalue weighted by Gasteiger charge is -2.09. The summed E-state index contributed by atoms with van der Waals surface area (Å²) in [5.41, 5.74) is 1.88. The zero-order valence-corrected chi connectivity index (χ0v) is 14.5. The Morgan fingerprint density at radius 3 is 2.52 bits per heavy atom. The second kappa shape index (κ2) is 7.15. The Balaban J connectivity index is 1.58. The minimum absolute atomic E-state index is 0.230. The number of rotatable bonds is 4. The topological polar surface area (TPSA) is 51.0 Å². The highest BCUT2D eigenvalue weighted by atomic mass is 19.4. The number of hydrogen-bond acceptors (Lipinski definition) is 4. The molecule has 0 bridgehead atoms. The first-order valence-corrected chi connectivity index (χ1v) is 8.79. The van der Waals surface area contributed by atoms with Crippen LogP contribution < -0.4 is 5.32 Å². The third-order valence-corrected chi connectivity index (χ3v) is 4.77. The average Bonchev–Trinajstić information content (AvgIpc) is 3.34. The van der Waals surface area contributed by atoms with Crippen molar-refractivity contribution in [2.24, 2.45) is 0 Å². The summed E-state index contributed by atoms with van der Waals surface area (Å²) in [5.74, 6) is 1.30. The second-order valence-corrected chi connectivity index (χ2v) is 6.66. The molecule has 140 valence electrons. The summed E-state index contributed by atoms with van der Waals surface area (Å²) in [4.78, 5) is 0. The van der Waals surface area contributed by atoms with E-state index in [0.717, 1.165) is 48.3 Å². The Bertz CT molecular complexity index is 913. The molecule has 0 radical (unpaired) electrons. The molecule has 0 amide bonds. The van der Waals surface area contributed by atoms with E-state index in [4.69, 9.17) is 4.42 Å². The molecular weight excluding hydrogens is 355 g/mol. The summed E-state index contributed by atoms with van der Waals surface area (Å²) < 4.78 is 44.1. The van der Waals surface area contributed by atoms with Gasteiger partial charge in [-0.15, -0.1) is 10.2 Å². The van der Waals surface area contributed by atoms with Crippen LogP contribution in [0, 0.1) is 0 Å². The monoisotopic (exact) mass is 373 g/mol. The Kier molecular flexibility index (Phi) is 4.70. The van der Waals surface area contributed by atoms with E-state index in [2.05, 4.69) is 15.5 Å². The van der Waals surface area contributed by atoms with E-state index >= 15 is 0 Å². The highest BCUT2D eigenvalue weighted by molar-refractivity contribution is 5.59. The van der Waals surface area contributed by atoms with Gasteiger partial charge in [0.15, 0.2) is 0 Å². The number of hydrogen-bond donors (Lipinski definition) is 1. The number of nitrogens with one attached hydrogen (secondary N) is 1. The van der Waals surface area contributed by atoms with Gasteiger partial charge in [0.2, 0.25) is 11.8 Å². The number of alkyl halides is 3. The van der Waals surface area contributed by atoms with Crippen molar-refractivity contribution in [1.82, 2.24) is 15.5 Å². The van der Waals surface area contributed by atoms with Crippen LogP contribution >= 0.6 is 0 Å². The van der Waals surface area contributed by atoms with Crippen LogP contribution in [-0.4, -0.2) is 23.3 Å². The van der Waals surface area contributed by atoms with E-state index in [0.29, 0.717) is 18.2 Å². The van der Waals surface area contributed by atoms with E-state index in [-0.39, 0.29) is 5.92 Å². The fourth-order valence-corrected chi connectivity index (χ4v) is 3.29. The SMILES string of the molecule is FC(F)(F)c1ccc(Cc2ccccc2-c2nnc(C3CCNC3)o2)cc1. The van der Waals surface area contributed by atoms with Gasteiger partial charge in [0, 0.05) is 12.1 Å². The third-order valence-electron chi connectivity index (χ3n) is 4.77. The smallest absolute Gasteiger partial charge is 0.416 e. The highest BCUT2D eigenvalue weighted by Gasteiger charge is 2.30. The van der Waals surface area contributed by atoms with Crippen LogP contribution in [0.3, 0.4) is 0 Å². The molecule has 1 aromatic heterocycles. The average molecular weight is 373 g/mol. The van der Waals surface area contributed by atoms with Crippen LogP contribution in [0.25, 0.3) is 11.5 Å². The van der Waals surface area contributed by atoms with Gasteiger partial charge in [0.05, 0.1) is 11.5 Å². The molecule has 27 heavy (non-hydrogen) atoms. The summed E-state index contributed by atoms with van der Waals surface area (Å²) in [6.07, 6.45) is -2.88. The van der Waals surface area contributed by atoms with Gasteiger partial charge in [0.1, 0.15) is 0 Å². The molecular formula is C20H18F3N3O. The van der Waals surface area contributed by atoms with Crippen LogP contribution in [0.15, 0.2) is 52.9 Å². The lowest BCUT2D eigenvalue weighted by molar-refractivity contribution is -0.137. The predicted molar refractivity (Wildman–Crippen MR) is 94.2 cm³/mol. The molecule has 1 N–H and O–H groups in total. The Morgan fingerprint density at radius 1 is 1.04 bits per heavy atom. The van der Waals surface area contributed by atoms with Gasteiger partial charge in [-0.1, -0.05) is 30.3 Å². The molecule has 0 spiro atoms. The molecule has 3 aromatic rings. The van der Waals surface area contributed by atoms with Crippen LogP contribution in [0.2, 0.25) is 0 Å². The fraction of sp³-hybridized carbons (Fsp3) is 0.300. The second-order valence-electron chi connectivity index (χ2n) is 6.66. The summed E-state index contributed by atoms with van der Waals surface area (Å²) >= 11 is 0. The summed E-state index contributed by atoms with van der Waals surface area (Å²) in [6.45, 7) is 1.77. The number of aromatic nitrogens is 2. The van der Waals surface area contributed by atoms with Gasteiger partial charge < -0.3 is 9.73 Å². The van der Waals surface area contributed by atoms with Crippen molar-refractivity contribution in [3.05, 3.63) is 71.1 Å². The Hall–Kier alpha value is -2.67. The summed E-state index contributed by atoms with van der Waals surface area (Å²) in [7, 11) is 0. The molecule has 1 fully saturated rings. The van der Waals surface area contributed by atoms with Crippen LogP contribution in [-0.2, 0) is 12.6 Å². The van der Waals surface area contributed by atoms with Crippen molar-refractivity contribution in [3.8, 4) is 11.5 Å². The minimum Gasteiger partial charge on any atom is -0.420 e. The van der Waals surface area contributed by atoms with Gasteiger partial charge >= 0.3 is 6.18 Å². The van der Waals surface area contributed by atoms with E-state index < -0.39 is 11.7 Å². The van der Waals surface area contributed by atoms with Gasteiger partial charge in [-0.25, -0.2) is 0 Å². The van der Waals surface area contributed by atoms with E-state index in [1.807, 2.05) is 24.3 Å². The standard InChI is InChI=1S/C20H18F3N3O/c21-20(22,23)16-7-5-13(6-8-16)11-14-3-1-2-4-17(14)19-26-25-18(27-19)15-9-10-24-12-15/h1-8,15,24H,9-12H2. The maximum atomic E-state index is 12.7.